The van der Waals surface area contributed by atoms with Gasteiger partial charge < -0.3 is 10.2 Å². The zero-order valence-corrected chi connectivity index (χ0v) is 15.2. The van der Waals surface area contributed by atoms with E-state index in [0.717, 1.165) is 32.5 Å². The highest BCUT2D eigenvalue weighted by Gasteiger charge is 2.36. The van der Waals surface area contributed by atoms with Gasteiger partial charge in [-0.15, -0.1) is 0 Å². The summed E-state index contributed by atoms with van der Waals surface area (Å²) in [5.41, 5.74) is 4.66. The molecule has 3 nitrogen and oxygen atoms in total. The number of fused-ring (bicyclic) bond motifs is 3. The Morgan fingerprint density at radius 3 is 2.85 bits per heavy atom. The number of anilines is 1. The number of benzene rings is 2. The van der Waals surface area contributed by atoms with Crippen LogP contribution in [0, 0.1) is 12.7 Å². The summed E-state index contributed by atoms with van der Waals surface area (Å²) in [7, 11) is 0. The van der Waals surface area contributed by atoms with Crippen molar-refractivity contribution in [2.24, 2.45) is 0 Å². The van der Waals surface area contributed by atoms with Gasteiger partial charge in [0.2, 0.25) is 0 Å². The summed E-state index contributed by atoms with van der Waals surface area (Å²) < 4.78 is 13.0. The highest BCUT2D eigenvalue weighted by molar-refractivity contribution is 5.95. The molecule has 2 aliphatic heterocycles. The molecule has 1 saturated heterocycles. The van der Waals surface area contributed by atoms with Crippen molar-refractivity contribution >= 4 is 11.5 Å². The smallest absolute Gasteiger partial charge is 0.162 e. The Hall–Kier alpha value is -2.20. The van der Waals surface area contributed by atoms with Gasteiger partial charge in [-0.25, -0.2) is 4.39 Å². The van der Waals surface area contributed by atoms with Crippen LogP contribution < -0.4 is 5.32 Å². The van der Waals surface area contributed by atoms with Gasteiger partial charge in [0, 0.05) is 42.7 Å². The van der Waals surface area contributed by atoms with Gasteiger partial charge in [-0.3, -0.25) is 4.79 Å². The Morgan fingerprint density at radius 2 is 2.04 bits per heavy atom. The molecule has 2 heterocycles. The Labute approximate surface area is 154 Å². The zero-order valence-electron chi connectivity index (χ0n) is 15.2. The second-order valence-corrected chi connectivity index (χ2v) is 7.57. The fraction of sp³-hybridized carbons (Fsp3) is 0.409. The molecule has 1 N–H and O–H groups in total. The van der Waals surface area contributed by atoms with Crippen LogP contribution >= 0.6 is 0 Å². The number of hydrogen-bond acceptors (Lipinski definition) is 3. The number of carbonyl (C=O) groups is 1. The van der Waals surface area contributed by atoms with Crippen LogP contribution in [-0.4, -0.2) is 36.4 Å². The summed E-state index contributed by atoms with van der Waals surface area (Å²) >= 11 is 0. The van der Waals surface area contributed by atoms with Crippen LogP contribution in [0.1, 0.15) is 46.7 Å². The quantitative estimate of drug-likeness (QED) is 0.811. The summed E-state index contributed by atoms with van der Waals surface area (Å²) in [6.07, 6.45) is 2.51. The lowest BCUT2D eigenvalue weighted by atomic mass is 9.88. The topological polar surface area (TPSA) is 32.3 Å². The van der Waals surface area contributed by atoms with E-state index < -0.39 is 0 Å². The number of likely N-dealkylation sites (tertiary alicyclic amines) is 1. The monoisotopic (exact) mass is 352 g/mol. The van der Waals surface area contributed by atoms with Crippen LogP contribution in [0.5, 0.6) is 0 Å². The number of nitrogens with zero attached hydrogens (tertiary/aromatic N) is 1. The first-order valence-corrected chi connectivity index (χ1v) is 9.48. The Morgan fingerprint density at radius 1 is 1.23 bits per heavy atom. The number of halogens is 1. The summed E-state index contributed by atoms with van der Waals surface area (Å²) in [4.78, 5) is 14.7. The van der Waals surface area contributed by atoms with Gasteiger partial charge in [-0.2, -0.15) is 0 Å². The maximum absolute atomic E-state index is 13.0. The molecule has 26 heavy (non-hydrogen) atoms. The van der Waals surface area contributed by atoms with Crippen molar-refractivity contribution in [3.63, 3.8) is 0 Å². The van der Waals surface area contributed by atoms with E-state index in [2.05, 4.69) is 35.3 Å². The predicted molar refractivity (Wildman–Crippen MR) is 102 cm³/mol. The predicted octanol–water partition coefficient (Wildman–Crippen LogP) is 4.38. The van der Waals surface area contributed by atoms with Crippen LogP contribution in [0.15, 0.2) is 42.5 Å². The first-order valence-electron chi connectivity index (χ1n) is 9.48. The van der Waals surface area contributed by atoms with E-state index in [9.17, 15) is 9.18 Å². The summed E-state index contributed by atoms with van der Waals surface area (Å²) in [6, 6.07) is 13.1. The number of carbonyl (C=O) groups excluding carboxylic acids is 1. The molecule has 4 rings (SSSR count). The molecule has 136 valence electrons. The van der Waals surface area contributed by atoms with Crippen molar-refractivity contribution in [2.45, 2.75) is 38.1 Å². The van der Waals surface area contributed by atoms with Crippen LogP contribution in [0.4, 0.5) is 10.1 Å². The Balaban J connectivity index is 1.31. The molecule has 0 amide bonds. The molecule has 2 aromatic carbocycles. The molecule has 0 spiro atoms. The Bertz CT molecular complexity index is 802. The second-order valence-electron chi connectivity index (χ2n) is 7.57. The van der Waals surface area contributed by atoms with E-state index in [4.69, 9.17) is 0 Å². The minimum absolute atomic E-state index is 0.100. The maximum atomic E-state index is 13.0. The van der Waals surface area contributed by atoms with Gasteiger partial charge >= 0.3 is 0 Å². The van der Waals surface area contributed by atoms with E-state index in [0.29, 0.717) is 23.9 Å². The van der Waals surface area contributed by atoms with Gasteiger partial charge in [-0.05, 0) is 62.2 Å². The summed E-state index contributed by atoms with van der Waals surface area (Å²) in [6.45, 7) is 5.22. The van der Waals surface area contributed by atoms with Crippen molar-refractivity contribution in [3.05, 3.63) is 65.0 Å². The molecule has 2 atom stereocenters. The van der Waals surface area contributed by atoms with Crippen molar-refractivity contribution in [2.75, 3.05) is 25.0 Å². The fourth-order valence-electron chi connectivity index (χ4n) is 4.27. The van der Waals surface area contributed by atoms with Gasteiger partial charge in [0.1, 0.15) is 5.82 Å². The molecule has 0 bridgehead atoms. The average molecular weight is 352 g/mol. The third-order valence-corrected chi connectivity index (χ3v) is 5.69. The van der Waals surface area contributed by atoms with Crippen molar-refractivity contribution < 1.29 is 9.18 Å². The number of Topliss-reactive ketones (excluding diaryl/α,β-unsaturated/α-hetero) is 1. The number of piperidine rings is 1. The molecule has 0 aromatic heterocycles. The first kappa shape index (κ1) is 17.2. The summed E-state index contributed by atoms with van der Waals surface area (Å²) in [5, 5.41) is 3.67. The molecule has 2 aromatic rings. The lowest BCUT2D eigenvalue weighted by molar-refractivity contribution is 0.0971. The van der Waals surface area contributed by atoms with Crippen LogP contribution in [0.25, 0.3) is 0 Å². The zero-order chi connectivity index (χ0) is 18.1. The molecule has 0 aliphatic carbocycles. The molecule has 2 aliphatic rings. The van der Waals surface area contributed by atoms with Gasteiger partial charge in [0.15, 0.2) is 5.78 Å². The molecule has 0 saturated carbocycles. The number of nitrogens with one attached hydrogen (secondary N) is 1. The van der Waals surface area contributed by atoms with Crippen molar-refractivity contribution in [1.82, 2.24) is 4.90 Å². The van der Waals surface area contributed by atoms with Crippen LogP contribution in [0.3, 0.4) is 0 Å². The highest BCUT2D eigenvalue weighted by Crippen LogP contribution is 2.40. The average Bonchev–Trinajstić information content (AvgIpc) is 2.99. The van der Waals surface area contributed by atoms with E-state index in [1.54, 1.807) is 12.1 Å². The van der Waals surface area contributed by atoms with Crippen LogP contribution in [0.2, 0.25) is 0 Å². The fourth-order valence-corrected chi connectivity index (χ4v) is 4.27. The van der Waals surface area contributed by atoms with Gasteiger partial charge in [-0.1, -0.05) is 17.7 Å². The number of ketones is 1. The third kappa shape index (κ3) is 3.51. The van der Waals surface area contributed by atoms with E-state index in [1.165, 1.54) is 28.9 Å². The van der Waals surface area contributed by atoms with Crippen molar-refractivity contribution in [1.29, 1.82) is 0 Å². The van der Waals surface area contributed by atoms with E-state index in [1.807, 2.05) is 0 Å². The maximum Gasteiger partial charge on any atom is 0.162 e. The molecular formula is C22H25FN2O. The standard InChI is InChI=1S/C22H25FN2O/c1-15-4-9-20-18(13-15)19-14-25(12-10-21(19)24-20)11-2-3-22(26)16-5-7-17(23)8-6-16/h4-9,13,19,21,24H,2-3,10-12,14H2,1H3/t19-,21+/m1/s1. The molecular weight excluding hydrogens is 327 g/mol. The van der Waals surface area contributed by atoms with E-state index in [-0.39, 0.29) is 11.6 Å². The van der Waals surface area contributed by atoms with Gasteiger partial charge in [0.25, 0.3) is 0 Å². The molecule has 0 radical (unpaired) electrons. The highest BCUT2D eigenvalue weighted by atomic mass is 19.1. The third-order valence-electron chi connectivity index (χ3n) is 5.69. The van der Waals surface area contributed by atoms with Crippen LogP contribution in [-0.2, 0) is 0 Å². The molecule has 4 heteroatoms. The normalized spacial score (nSPS) is 21.8. The number of aryl methyl sites for hydroxylation is 1. The summed E-state index contributed by atoms with van der Waals surface area (Å²) in [5.74, 6) is 0.347. The molecule has 0 unspecified atom stereocenters. The number of hydrogen-bond donors (Lipinski definition) is 1. The number of rotatable bonds is 5. The largest absolute Gasteiger partial charge is 0.381 e. The Kier molecular flexibility index (Phi) is 4.77. The lowest BCUT2D eigenvalue weighted by Gasteiger charge is -2.35. The van der Waals surface area contributed by atoms with Crippen molar-refractivity contribution in [3.8, 4) is 0 Å². The minimum atomic E-state index is -0.301. The first-order chi connectivity index (χ1) is 12.6. The lowest BCUT2D eigenvalue weighted by Crippen LogP contribution is -2.42. The second kappa shape index (κ2) is 7.20. The SMILES string of the molecule is Cc1ccc2c(c1)[C@H]1CN(CCCC(=O)c3ccc(F)cc3)CC[C@@H]1N2. The minimum Gasteiger partial charge on any atom is -0.381 e. The van der Waals surface area contributed by atoms with Gasteiger partial charge in [0.05, 0.1) is 0 Å². The van der Waals surface area contributed by atoms with E-state index >= 15 is 0 Å². The molecule has 1 fully saturated rings.